The van der Waals surface area contributed by atoms with E-state index < -0.39 is 0 Å². The second-order valence-electron chi connectivity index (χ2n) is 7.75. The van der Waals surface area contributed by atoms with Crippen LogP contribution in [0.25, 0.3) is 0 Å². The Hall–Kier alpha value is -1.97. The zero-order valence-electron chi connectivity index (χ0n) is 16.6. The molecule has 1 heterocycles. The number of likely N-dealkylation sites (N-methyl/N-ethyl adjacent to an activating group) is 1. The van der Waals surface area contributed by atoms with Crippen LogP contribution in [0.5, 0.6) is 0 Å². The molecule has 27 heavy (non-hydrogen) atoms. The molecule has 1 aliphatic rings. The number of carbonyl (C=O) groups is 1. The van der Waals surface area contributed by atoms with Crippen molar-refractivity contribution in [1.82, 2.24) is 9.80 Å². The van der Waals surface area contributed by atoms with Crippen LogP contribution in [0.2, 0.25) is 0 Å². The Labute approximate surface area is 164 Å². The van der Waals surface area contributed by atoms with E-state index in [1.54, 1.807) is 0 Å². The number of unbranched alkanes of at least 4 members (excludes halogenated alkanes) is 2. The predicted molar refractivity (Wildman–Crippen MR) is 112 cm³/mol. The normalized spacial score (nSPS) is 15.7. The van der Waals surface area contributed by atoms with Gasteiger partial charge in [0.2, 0.25) is 0 Å². The first-order valence-electron chi connectivity index (χ1n) is 10.3. The van der Waals surface area contributed by atoms with Gasteiger partial charge in [-0.25, -0.2) is 0 Å². The molecule has 3 rings (SSSR count). The maximum atomic E-state index is 12.5. The molecular weight excluding hydrogens is 332 g/mol. The van der Waals surface area contributed by atoms with Crippen LogP contribution in [0.15, 0.2) is 54.6 Å². The van der Waals surface area contributed by atoms with Crippen LogP contribution in [-0.2, 0) is 12.8 Å². The first kappa shape index (κ1) is 19.8. The Kier molecular flexibility index (Phi) is 7.61. The van der Waals surface area contributed by atoms with Gasteiger partial charge in [-0.2, -0.15) is 0 Å². The maximum absolute atomic E-state index is 12.5. The number of nitrogens with zero attached hydrogens (tertiary/aromatic N) is 2. The molecule has 0 spiro atoms. The number of rotatable bonds is 9. The minimum Gasteiger partial charge on any atom is -0.304 e. The first-order valence-corrected chi connectivity index (χ1v) is 10.3. The van der Waals surface area contributed by atoms with E-state index in [1.165, 1.54) is 36.8 Å². The molecule has 1 fully saturated rings. The molecule has 2 aromatic carbocycles. The maximum Gasteiger partial charge on any atom is 0.176 e. The fourth-order valence-electron chi connectivity index (χ4n) is 3.64. The lowest BCUT2D eigenvalue weighted by molar-refractivity contribution is 0.0876. The summed E-state index contributed by atoms with van der Waals surface area (Å²) in [6.07, 6.45) is 5.97. The largest absolute Gasteiger partial charge is 0.304 e. The molecule has 0 saturated carbocycles. The molecule has 0 bridgehead atoms. The van der Waals surface area contributed by atoms with E-state index in [-0.39, 0.29) is 5.78 Å². The Morgan fingerprint density at radius 3 is 2.00 bits per heavy atom. The number of piperazine rings is 1. The van der Waals surface area contributed by atoms with Crippen LogP contribution in [0, 0.1) is 0 Å². The highest BCUT2D eigenvalue weighted by Crippen LogP contribution is 2.12. The van der Waals surface area contributed by atoms with Gasteiger partial charge in [0.15, 0.2) is 5.78 Å². The van der Waals surface area contributed by atoms with Gasteiger partial charge in [-0.15, -0.1) is 0 Å². The van der Waals surface area contributed by atoms with Crippen LogP contribution < -0.4 is 0 Å². The van der Waals surface area contributed by atoms with Crippen LogP contribution in [0.1, 0.15) is 40.7 Å². The molecule has 0 aromatic heterocycles. The van der Waals surface area contributed by atoms with Gasteiger partial charge in [0.25, 0.3) is 0 Å². The van der Waals surface area contributed by atoms with Crippen molar-refractivity contribution in [3.05, 3.63) is 71.3 Å². The van der Waals surface area contributed by atoms with Gasteiger partial charge in [0, 0.05) is 31.7 Å². The zero-order chi connectivity index (χ0) is 18.9. The molecule has 0 N–H and O–H groups in total. The van der Waals surface area contributed by atoms with E-state index in [2.05, 4.69) is 59.3 Å². The number of hydrogen-bond acceptors (Lipinski definition) is 3. The molecule has 3 heteroatoms. The van der Waals surface area contributed by atoms with E-state index in [0.29, 0.717) is 6.54 Å². The highest BCUT2D eigenvalue weighted by atomic mass is 16.1. The van der Waals surface area contributed by atoms with Gasteiger partial charge in [-0.3, -0.25) is 9.69 Å². The van der Waals surface area contributed by atoms with Gasteiger partial charge >= 0.3 is 0 Å². The lowest BCUT2D eigenvalue weighted by Gasteiger charge is -2.31. The molecule has 3 nitrogen and oxygen atoms in total. The molecule has 2 aromatic rings. The van der Waals surface area contributed by atoms with E-state index >= 15 is 0 Å². The topological polar surface area (TPSA) is 23.6 Å². The molecule has 0 aliphatic carbocycles. The second-order valence-corrected chi connectivity index (χ2v) is 7.75. The smallest absolute Gasteiger partial charge is 0.176 e. The number of Topliss-reactive ketones (excluding diaryl/α,β-unsaturated/α-hetero) is 1. The first-order chi connectivity index (χ1) is 13.2. The van der Waals surface area contributed by atoms with Gasteiger partial charge in [-0.1, -0.05) is 61.0 Å². The highest BCUT2D eigenvalue weighted by molar-refractivity contribution is 5.97. The third-order valence-corrected chi connectivity index (χ3v) is 5.51. The van der Waals surface area contributed by atoms with E-state index in [1.807, 2.05) is 12.1 Å². The zero-order valence-corrected chi connectivity index (χ0v) is 16.6. The van der Waals surface area contributed by atoms with Crippen molar-refractivity contribution < 1.29 is 4.79 Å². The second kappa shape index (κ2) is 10.4. The Balaban J connectivity index is 1.36. The van der Waals surface area contributed by atoms with Crippen LogP contribution >= 0.6 is 0 Å². The summed E-state index contributed by atoms with van der Waals surface area (Å²) in [4.78, 5) is 17.1. The monoisotopic (exact) mass is 364 g/mol. The minimum absolute atomic E-state index is 0.244. The molecule has 1 aliphatic heterocycles. The highest BCUT2D eigenvalue weighted by Gasteiger charge is 2.17. The van der Waals surface area contributed by atoms with E-state index in [4.69, 9.17) is 0 Å². The van der Waals surface area contributed by atoms with Crippen molar-refractivity contribution in [1.29, 1.82) is 0 Å². The molecule has 1 saturated heterocycles. The average molecular weight is 365 g/mol. The van der Waals surface area contributed by atoms with E-state index in [9.17, 15) is 4.79 Å². The molecule has 0 amide bonds. The third kappa shape index (κ3) is 6.60. The molecule has 144 valence electrons. The molecule has 0 radical (unpaired) electrons. The van der Waals surface area contributed by atoms with Crippen molar-refractivity contribution in [3.8, 4) is 0 Å². The summed E-state index contributed by atoms with van der Waals surface area (Å²) in [5.74, 6) is 0.244. The summed E-state index contributed by atoms with van der Waals surface area (Å²) in [5, 5.41) is 0. The fraction of sp³-hybridized carbons (Fsp3) is 0.458. The van der Waals surface area contributed by atoms with Crippen molar-refractivity contribution in [2.24, 2.45) is 0 Å². The fourth-order valence-corrected chi connectivity index (χ4v) is 3.64. The average Bonchev–Trinajstić information content (AvgIpc) is 2.71. The van der Waals surface area contributed by atoms with Gasteiger partial charge in [0.1, 0.15) is 0 Å². The Bertz CT molecular complexity index is 688. The molecule has 0 atom stereocenters. The quantitative estimate of drug-likeness (QED) is 0.495. The van der Waals surface area contributed by atoms with Crippen molar-refractivity contribution in [2.75, 3.05) is 39.8 Å². The number of aryl methyl sites for hydroxylation is 2. The van der Waals surface area contributed by atoms with Crippen LogP contribution in [-0.4, -0.2) is 55.4 Å². The number of ketones is 1. The van der Waals surface area contributed by atoms with Gasteiger partial charge in [-0.05, 0) is 43.9 Å². The summed E-state index contributed by atoms with van der Waals surface area (Å²) in [6, 6.07) is 19.0. The van der Waals surface area contributed by atoms with Crippen molar-refractivity contribution in [2.45, 2.75) is 32.1 Å². The van der Waals surface area contributed by atoms with Crippen molar-refractivity contribution >= 4 is 5.78 Å². The minimum atomic E-state index is 0.244. The Morgan fingerprint density at radius 2 is 1.37 bits per heavy atom. The lowest BCUT2D eigenvalue weighted by Crippen LogP contribution is -2.46. The van der Waals surface area contributed by atoms with E-state index in [0.717, 1.165) is 38.2 Å². The van der Waals surface area contributed by atoms with Crippen LogP contribution in [0.4, 0.5) is 0 Å². The SMILES string of the molecule is CN1CCN(CC(=O)c2ccc(CCCCCc3ccccc3)cc2)CC1. The standard InChI is InChI=1S/C24H32N2O/c1-25-16-18-26(19-17-25)20-24(27)23-14-12-22(13-15-23)11-7-3-6-10-21-8-4-2-5-9-21/h2,4-5,8-9,12-15H,3,6-7,10-11,16-20H2,1H3. The summed E-state index contributed by atoms with van der Waals surface area (Å²) in [6.45, 7) is 4.63. The molecular formula is C24H32N2O. The van der Waals surface area contributed by atoms with Crippen molar-refractivity contribution in [3.63, 3.8) is 0 Å². The van der Waals surface area contributed by atoms with Gasteiger partial charge < -0.3 is 4.90 Å². The third-order valence-electron chi connectivity index (χ3n) is 5.51. The summed E-state index contributed by atoms with van der Waals surface area (Å²) in [7, 11) is 2.14. The lowest BCUT2D eigenvalue weighted by atomic mass is 10.0. The summed E-state index contributed by atoms with van der Waals surface area (Å²) >= 11 is 0. The number of hydrogen-bond donors (Lipinski definition) is 0. The summed E-state index contributed by atoms with van der Waals surface area (Å²) < 4.78 is 0. The van der Waals surface area contributed by atoms with Gasteiger partial charge in [0.05, 0.1) is 6.54 Å². The Morgan fingerprint density at radius 1 is 0.778 bits per heavy atom. The number of carbonyl (C=O) groups excluding carboxylic acids is 1. The van der Waals surface area contributed by atoms with Crippen LogP contribution in [0.3, 0.4) is 0 Å². The summed E-state index contributed by atoms with van der Waals surface area (Å²) in [5.41, 5.74) is 3.62. The predicted octanol–water partition coefficient (Wildman–Crippen LogP) is 4.07. The molecule has 0 unspecified atom stereocenters. The number of benzene rings is 2.